The Bertz CT molecular complexity index is 583. The molecule has 0 aliphatic heterocycles. The van der Waals surface area contributed by atoms with Gasteiger partial charge in [0, 0.05) is 6.07 Å². The second kappa shape index (κ2) is 4.98. The molecule has 8 heteroatoms. The van der Waals surface area contributed by atoms with Crippen LogP contribution >= 0.6 is 15.9 Å². The van der Waals surface area contributed by atoms with Gasteiger partial charge in [0.2, 0.25) is 10.0 Å². The van der Waals surface area contributed by atoms with E-state index >= 15 is 0 Å². The number of rotatable bonds is 3. The van der Waals surface area contributed by atoms with Gasteiger partial charge in [-0.3, -0.25) is 4.72 Å². The molecule has 0 radical (unpaired) electrons. The van der Waals surface area contributed by atoms with E-state index in [0.717, 1.165) is 13.0 Å². The average Bonchev–Trinajstić information content (AvgIpc) is 2.24. The van der Waals surface area contributed by atoms with Crippen LogP contribution in [0.15, 0.2) is 16.6 Å². The molecule has 0 saturated heterocycles. The number of benzene rings is 1. The zero-order chi connectivity index (χ0) is 13.2. The van der Waals surface area contributed by atoms with Crippen molar-refractivity contribution >= 4 is 31.6 Å². The van der Waals surface area contributed by atoms with Gasteiger partial charge in [-0.25, -0.2) is 17.2 Å². The van der Waals surface area contributed by atoms with Gasteiger partial charge in [0.05, 0.1) is 16.2 Å². The predicted octanol–water partition coefficient (Wildman–Crippen LogP) is 2.38. The molecular formula is C9H7BrF2N2O2S. The molecule has 1 rings (SSSR count). The molecule has 1 N–H and O–H groups in total. The molecule has 1 aromatic rings. The van der Waals surface area contributed by atoms with Gasteiger partial charge in [-0.15, -0.1) is 0 Å². The summed E-state index contributed by atoms with van der Waals surface area (Å²) in [6.45, 7) is 1.15. The summed E-state index contributed by atoms with van der Waals surface area (Å²) >= 11 is 2.80. The van der Waals surface area contributed by atoms with Gasteiger partial charge in [0.15, 0.2) is 5.25 Å². The predicted molar refractivity (Wildman–Crippen MR) is 61.7 cm³/mol. The normalized spacial score (nSPS) is 12.9. The number of hydrogen-bond acceptors (Lipinski definition) is 3. The van der Waals surface area contributed by atoms with E-state index in [-0.39, 0.29) is 4.47 Å². The van der Waals surface area contributed by atoms with Gasteiger partial charge in [-0.2, -0.15) is 5.26 Å². The van der Waals surface area contributed by atoms with Gasteiger partial charge >= 0.3 is 0 Å². The maximum Gasteiger partial charge on any atom is 0.248 e. The number of anilines is 1. The van der Waals surface area contributed by atoms with Crippen molar-refractivity contribution in [2.45, 2.75) is 12.2 Å². The Morgan fingerprint density at radius 3 is 2.53 bits per heavy atom. The summed E-state index contributed by atoms with van der Waals surface area (Å²) in [5.74, 6) is -1.90. The number of nitriles is 1. The van der Waals surface area contributed by atoms with Crippen molar-refractivity contribution in [1.29, 1.82) is 5.26 Å². The third kappa shape index (κ3) is 3.14. The van der Waals surface area contributed by atoms with Gasteiger partial charge in [0.25, 0.3) is 0 Å². The van der Waals surface area contributed by atoms with Crippen LogP contribution in [0.25, 0.3) is 0 Å². The summed E-state index contributed by atoms with van der Waals surface area (Å²) in [6.07, 6.45) is 0. The van der Waals surface area contributed by atoms with Crippen LogP contribution in [-0.4, -0.2) is 13.7 Å². The maximum absolute atomic E-state index is 13.3. The van der Waals surface area contributed by atoms with Crippen molar-refractivity contribution in [1.82, 2.24) is 0 Å². The van der Waals surface area contributed by atoms with Crippen LogP contribution in [0.3, 0.4) is 0 Å². The molecule has 17 heavy (non-hydrogen) atoms. The van der Waals surface area contributed by atoms with E-state index < -0.39 is 32.6 Å². The lowest BCUT2D eigenvalue weighted by molar-refractivity contribution is 0.578. The van der Waals surface area contributed by atoms with Crippen LogP contribution in [-0.2, 0) is 10.0 Å². The number of hydrogen-bond donors (Lipinski definition) is 1. The van der Waals surface area contributed by atoms with Gasteiger partial charge in [-0.05, 0) is 28.9 Å². The topological polar surface area (TPSA) is 70.0 Å². The number of nitrogens with zero attached hydrogens (tertiary/aromatic N) is 1. The van der Waals surface area contributed by atoms with Crippen LogP contribution < -0.4 is 4.72 Å². The average molecular weight is 325 g/mol. The van der Waals surface area contributed by atoms with Crippen LogP contribution in [0.1, 0.15) is 6.92 Å². The lowest BCUT2D eigenvalue weighted by atomic mass is 10.3. The molecule has 0 aliphatic rings. The first kappa shape index (κ1) is 13.9. The number of nitrogens with one attached hydrogen (secondary N) is 1. The smallest absolute Gasteiger partial charge is 0.248 e. The molecule has 0 saturated carbocycles. The standard InChI is InChI=1S/C9H7BrF2N2O2S/c1-5(4-13)17(15,16)14-9-2-6(10)7(11)3-8(9)12/h2-3,5,14H,1H3. The first-order valence-corrected chi connectivity index (χ1v) is 6.67. The highest BCUT2D eigenvalue weighted by Gasteiger charge is 2.22. The van der Waals surface area contributed by atoms with Crippen LogP contribution in [0.4, 0.5) is 14.5 Å². The molecule has 0 spiro atoms. The molecule has 0 fully saturated rings. The van der Waals surface area contributed by atoms with Crippen molar-refractivity contribution in [3.8, 4) is 6.07 Å². The fraction of sp³-hybridized carbons (Fsp3) is 0.222. The number of sulfonamides is 1. The van der Waals surface area contributed by atoms with Crippen LogP contribution in [0.2, 0.25) is 0 Å². The molecule has 1 aromatic carbocycles. The lowest BCUT2D eigenvalue weighted by Gasteiger charge is -2.10. The minimum Gasteiger partial charge on any atom is -0.279 e. The van der Waals surface area contributed by atoms with E-state index in [4.69, 9.17) is 5.26 Å². The highest BCUT2D eigenvalue weighted by Crippen LogP contribution is 2.24. The van der Waals surface area contributed by atoms with Gasteiger partial charge in [0.1, 0.15) is 11.6 Å². The van der Waals surface area contributed by atoms with Crippen molar-refractivity contribution in [3.05, 3.63) is 28.2 Å². The zero-order valence-corrected chi connectivity index (χ0v) is 10.9. The molecule has 1 unspecified atom stereocenters. The summed E-state index contributed by atoms with van der Waals surface area (Å²) in [6, 6.07) is 3.00. The Hall–Kier alpha value is -1.20. The lowest BCUT2D eigenvalue weighted by Crippen LogP contribution is -2.24. The molecule has 0 aromatic heterocycles. The van der Waals surface area contributed by atoms with Gasteiger partial charge < -0.3 is 0 Å². The highest BCUT2D eigenvalue weighted by atomic mass is 79.9. The van der Waals surface area contributed by atoms with Crippen molar-refractivity contribution in [3.63, 3.8) is 0 Å². The minimum atomic E-state index is -4.01. The van der Waals surface area contributed by atoms with E-state index in [0.29, 0.717) is 6.07 Å². The van der Waals surface area contributed by atoms with Crippen molar-refractivity contribution in [2.24, 2.45) is 0 Å². The number of halogens is 3. The summed E-state index contributed by atoms with van der Waals surface area (Å²) < 4.78 is 50.9. The van der Waals surface area contributed by atoms with Gasteiger partial charge in [-0.1, -0.05) is 0 Å². The molecular weight excluding hydrogens is 318 g/mol. The maximum atomic E-state index is 13.3. The molecule has 4 nitrogen and oxygen atoms in total. The first-order chi connectivity index (χ1) is 7.77. The summed E-state index contributed by atoms with van der Waals surface area (Å²) in [7, 11) is -4.01. The fourth-order valence-corrected chi connectivity index (χ4v) is 2.03. The zero-order valence-electron chi connectivity index (χ0n) is 8.54. The third-order valence-corrected chi connectivity index (χ3v) is 4.06. The van der Waals surface area contributed by atoms with Crippen LogP contribution in [0, 0.1) is 23.0 Å². The monoisotopic (exact) mass is 324 g/mol. The molecule has 0 heterocycles. The van der Waals surface area contributed by atoms with Crippen LogP contribution in [0.5, 0.6) is 0 Å². The van der Waals surface area contributed by atoms with Crippen molar-refractivity contribution in [2.75, 3.05) is 4.72 Å². The van der Waals surface area contributed by atoms with Crippen molar-refractivity contribution < 1.29 is 17.2 Å². The first-order valence-electron chi connectivity index (χ1n) is 4.33. The van der Waals surface area contributed by atoms with E-state index in [1.54, 1.807) is 0 Å². The van der Waals surface area contributed by atoms with E-state index in [1.165, 1.54) is 6.07 Å². The van der Waals surface area contributed by atoms with E-state index in [9.17, 15) is 17.2 Å². The summed E-state index contributed by atoms with van der Waals surface area (Å²) in [4.78, 5) is 0. The largest absolute Gasteiger partial charge is 0.279 e. The fourth-order valence-electron chi connectivity index (χ4n) is 0.912. The SMILES string of the molecule is CC(C#N)S(=O)(=O)Nc1cc(Br)c(F)cc1F. The minimum absolute atomic E-state index is 0.0822. The second-order valence-corrected chi connectivity index (χ2v) is 6.02. The molecule has 0 amide bonds. The van der Waals surface area contributed by atoms with E-state index in [2.05, 4.69) is 15.9 Å². The molecule has 1 atom stereocenters. The Morgan fingerprint density at radius 2 is 2.00 bits per heavy atom. The Kier molecular flexibility index (Phi) is 4.06. The quantitative estimate of drug-likeness (QED) is 0.868. The highest BCUT2D eigenvalue weighted by molar-refractivity contribution is 9.10. The molecule has 0 aliphatic carbocycles. The van der Waals surface area contributed by atoms with E-state index in [1.807, 2.05) is 4.72 Å². The Balaban J connectivity index is 3.14. The Labute approximate surface area is 105 Å². The second-order valence-electron chi connectivity index (χ2n) is 3.16. The molecule has 92 valence electrons. The summed E-state index contributed by atoms with van der Waals surface area (Å²) in [5, 5.41) is 7.14. The Morgan fingerprint density at radius 1 is 1.41 bits per heavy atom. The summed E-state index contributed by atoms with van der Waals surface area (Å²) in [5.41, 5.74) is -0.416. The molecule has 0 bridgehead atoms. The third-order valence-electron chi connectivity index (χ3n) is 1.91.